The van der Waals surface area contributed by atoms with Gasteiger partial charge in [-0.3, -0.25) is 4.79 Å². The van der Waals surface area contributed by atoms with E-state index in [0.717, 1.165) is 25.4 Å². The molecule has 1 aliphatic heterocycles. The molecule has 0 radical (unpaired) electrons. The molecule has 1 aromatic rings. The highest BCUT2D eigenvalue weighted by atomic mass is 16.5. The minimum absolute atomic E-state index is 0.0998. The van der Waals surface area contributed by atoms with Crippen molar-refractivity contribution in [2.24, 2.45) is 17.3 Å². The molecule has 5 aliphatic rings. The van der Waals surface area contributed by atoms with Crippen molar-refractivity contribution in [2.45, 2.75) is 96.0 Å². The van der Waals surface area contributed by atoms with E-state index >= 15 is 0 Å². The number of hydrogen-bond donors (Lipinski definition) is 0. The van der Waals surface area contributed by atoms with E-state index in [1.807, 2.05) is 6.08 Å². The van der Waals surface area contributed by atoms with Crippen molar-refractivity contribution in [3.05, 3.63) is 58.2 Å². The first-order valence-corrected chi connectivity index (χ1v) is 13.1. The van der Waals surface area contributed by atoms with Gasteiger partial charge in [-0.2, -0.15) is 0 Å². The first-order chi connectivity index (χ1) is 15.4. The van der Waals surface area contributed by atoms with Crippen LogP contribution in [0.1, 0.15) is 102 Å². The molecule has 0 bridgehead atoms. The Morgan fingerprint density at radius 1 is 1.03 bits per heavy atom. The Hall–Kier alpha value is -1.67. The van der Waals surface area contributed by atoms with E-state index in [1.165, 1.54) is 55.2 Å². The monoisotopic (exact) mass is 430 g/mol. The zero-order valence-electron chi connectivity index (χ0n) is 20.1. The van der Waals surface area contributed by atoms with Crippen molar-refractivity contribution in [3.8, 4) is 0 Å². The van der Waals surface area contributed by atoms with Gasteiger partial charge in [-0.25, -0.2) is 0 Å². The molecule has 2 nitrogen and oxygen atoms in total. The standard InChI is InChI=1S/C30H38O2/c1-19(2)20-5-7-21(8-6-20)26-18-29(3)27(13-15-30(29)14-4-16-32-30)25-11-9-22-17-23(31)10-12-24(22)28(25)26/h5-8,17,19,25-27H,4,9-16,18H2,1-3H3/t25-,26+,27-,29-,30?/m0/s1. The normalized spacial score (nSPS) is 38.7. The molecule has 0 N–H and O–H groups in total. The van der Waals surface area contributed by atoms with E-state index in [1.54, 1.807) is 11.1 Å². The van der Waals surface area contributed by atoms with Gasteiger partial charge < -0.3 is 4.74 Å². The van der Waals surface area contributed by atoms with Crippen LogP contribution in [0.4, 0.5) is 0 Å². The smallest absolute Gasteiger partial charge is 0.156 e. The summed E-state index contributed by atoms with van der Waals surface area (Å²) in [6.45, 7) is 8.09. The highest BCUT2D eigenvalue weighted by molar-refractivity contribution is 5.93. The molecule has 2 saturated carbocycles. The minimum atomic E-state index is 0.0998. The molecule has 1 spiro atoms. The molecule has 1 heterocycles. The molecular formula is C30H38O2. The Balaban J connectivity index is 1.50. The third-order valence-corrected chi connectivity index (χ3v) is 10.1. The minimum Gasteiger partial charge on any atom is -0.374 e. The van der Waals surface area contributed by atoms with Crippen LogP contribution in [0.3, 0.4) is 0 Å². The second kappa shape index (κ2) is 7.42. The van der Waals surface area contributed by atoms with E-state index in [2.05, 4.69) is 45.0 Å². The molecule has 1 saturated heterocycles. The largest absolute Gasteiger partial charge is 0.374 e. The lowest BCUT2D eigenvalue weighted by molar-refractivity contribution is -0.114. The fourth-order valence-electron chi connectivity index (χ4n) is 8.50. The van der Waals surface area contributed by atoms with Gasteiger partial charge in [-0.15, -0.1) is 0 Å². The van der Waals surface area contributed by atoms with Gasteiger partial charge in [0.15, 0.2) is 5.78 Å². The van der Waals surface area contributed by atoms with Crippen LogP contribution in [0.2, 0.25) is 0 Å². The number of carbonyl (C=O) groups is 1. The van der Waals surface area contributed by atoms with Crippen molar-refractivity contribution < 1.29 is 9.53 Å². The highest BCUT2D eigenvalue weighted by Crippen LogP contribution is 2.69. The van der Waals surface area contributed by atoms with Gasteiger partial charge in [0.1, 0.15) is 0 Å². The van der Waals surface area contributed by atoms with Crippen LogP contribution in [-0.2, 0) is 9.53 Å². The molecule has 3 fully saturated rings. The van der Waals surface area contributed by atoms with Crippen LogP contribution in [-0.4, -0.2) is 18.0 Å². The highest BCUT2D eigenvalue weighted by Gasteiger charge is 2.64. The topological polar surface area (TPSA) is 26.3 Å². The van der Waals surface area contributed by atoms with Gasteiger partial charge in [0.05, 0.1) is 5.60 Å². The third kappa shape index (κ3) is 2.91. The first kappa shape index (κ1) is 20.9. The number of ketones is 1. The summed E-state index contributed by atoms with van der Waals surface area (Å²) in [5, 5.41) is 0. The van der Waals surface area contributed by atoms with Crippen LogP contribution in [0.15, 0.2) is 47.1 Å². The first-order valence-electron chi connectivity index (χ1n) is 13.1. The lowest BCUT2D eigenvalue weighted by atomic mass is 9.51. The summed E-state index contributed by atoms with van der Waals surface area (Å²) in [6, 6.07) is 9.54. The Kier molecular flexibility index (Phi) is 4.85. The van der Waals surface area contributed by atoms with E-state index in [9.17, 15) is 4.79 Å². The van der Waals surface area contributed by atoms with Crippen molar-refractivity contribution in [3.63, 3.8) is 0 Å². The van der Waals surface area contributed by atoms with Crippen LogP contribution in [0.25, 0.3) is 0 Å². The number of benzene rings is 1. The number of ether oxygens (including phenoxy) is 1. The Labute approximate surface area is 193 Å². The van der Waals surface area contributed by atoms with Gasteiger partial charge >= 0.3 is 0 Å². The Morgan fingerprint density at radius 3 is 2.56 bits per heavy atom. The lowest BCUT2D eigenvalue weighted by Gasteiger charge is -2.55. The second-order valence-corrected chi connectivity index (χ2v) is 11.8. The molecule has 170 valence electrons. The average molecular weight is 431 g/mol. The fraction of sp³-hybridized carbons (Fsp3) is 0.633. The fourth-order valence-corrected chi connectivity index (χ4v) is 8.50. The SMILES string of the molecule is CC(C)c1ccc([C@H]2C[C@@]3(C)[C@@H](CCC34CCCO4)[C@@H]3CCC4=CC(=O)CCC4=C32)cc1. The van der Waals surface area contributed by atoms with Crippen molar-refractivity contribution in [1.82, 2.24) is 0 Å². The Bertz CT molecular complexity index is 988. The van der Waals surface area contributed by atoms with E-state index in [0.29, 0.717) is 30.0 Å². The average Bonchev–Trinajstić information content (AvgIpc) is 3.39. The van der Waals surface area contributed by atoms with E-state index in [-0.39, 0.29) is 11.0 Å². The number of rotatable bonds is 2. The predicted octanol–water partition coefficient (Wildman–Crippen LogP) is 7.26. The van der Waals surface area contributed by atoms with Crippen molar-refractivity contribution in [2.75, 3.05) is 6.61 Å². The second-order valence-electron chi connectivity index (χ2n) is 11.8. The lowest BCUT2D eigenvalue weighted by Crippen LogP contribution is -2.51. The third-order valence-electron chi connectivity index (χ3n) is 10.1. The molecule has 0 aromatic heterocycles. The van der Waals surface area contributed by atoms with Crippen LogP contribution in [0.5, 0.6) is 0 Å². The Morgan fingerprint density at radius 2 is 1.84 bits per heavy atom. The molecule has 1 unspecified atom stereocenters. The van der Waals surface area contributed by atoms with Crippen LogP contribution in [0, 0.1) is 17.3 Å². The van der Waals surface area contributed by atoms with Crippen molar-refractivity contribution >= 4 is 5.78 Å². The van der Waals surface area contributed by atoms with Gasteiger partial charge in [0, 0.05) is 24.4 Å². The summed E-state index contributed by atoms with van der Waals surface area (Å²) >= 11 is 0. The summed E-state index contributed by atoms with van der Waals surface area (Å²) in [7, 11) is 0. The molecular weight excluding hydrogens is 392 g/mol. The van der Waals surface area contributed by atoms with Gasteiger partial charge in [0.25, 0.3) is 0 Å². The maximum atomic E-state index is 12.2. The van der Waals surface area contributed by atoms with E-state index < -0.39 is 0 Å². The molecule has 32 heavy (non-hydrogen) atoms. The van der Waals surface area contributed by atoms with Gasteiger partial charge in [0.2, 0.25) is 0 Å². The molecule has 2 heteroatoms. The van der Waals surface area contributed by atoms with Crippen molar-refractivity contribution in [1.29, 1.82) is 0 Å². The molecule has 5 atom stereocenters. The summed E-state index contributed by atoms with van der Waals surface area (Å²) in [5.74, 6) is 2.75. The van der Waals surface area contributed by atoms with Gasteiger partial charge in [-0.05, 0) is 97.5 Å². The predicted molar refractivity (Wildman–Crippen MR) is 129 cm³/mol. The molecule has 6 rings (SSSR count). The zero-order chi connectivity index (χ0) is 22.1. The van der Waals surface area contributed by atoms with Gasteiger partial charge in [-0.1, -0.05) is 50.6 Å². The zero-order valence-corrected chi connectivity index (χ0v) is 20.1. The van der Waals surface area contributed by atoms with E-state index in [4.69, 9.17) is 4.74 Å². The molecule has 4 aliphatic carbocycles. The number of carbonyl (C=O) groups excluding carboxylic acids is 1. The molecule has 0 amide bonds. The van der Waals surface area contributed by atoms with Crippen LogP contribution >= 0.6 is 0 Å². The summed E-state index contributed by atoms with van der Waals surface area (Å²) < 4.78 is 6.64. The number of hydrogen-bond acceptors (Lipinski definition) is 2. The van der Waals surface area contributed by atoms with Crippen LogP contribution < -0.4 is 0 Å². The maximum absolute atomic E-state index is 12.2. The molecule has 1 aromatic carbocycles. The summed E-state index contributed by atoms with van der Waals surface area (Å²) in [5.41, 5.74) is 7.91. The number of allylic oxidation sites excluding steroid dienone is 4. The quantitative estimate of drug-likeness (QED) is 0.493. The summed E-state index contributed by atoms with van der Waals surface area (Å²) in [6.07, 6.45) is 12.2. The summed E-state index contributed by atoms with van der Waals surface area (Å²) in [4.78, 5) is 12.2. The number of fused-ring (bicyclic) bond motifs is 5. The maximum Gasteiger partial charge on any atom is 0.156 e.